The predicted molar refractivity (Wildman–Crippen MR) is 49.3 cm³/mol. The largest absolute Gasteiger partial charge is 0.463 e. The van der Waals surface area contributed by atoms with Gasteiger partial charge in [-0.1, -0.05) is 0 Å². The van der Waals surface area contributed by atoms with Crippen molar-refractivity contribution in [2.24, 2.45) is 0 Å². The van der Waals surface area contributed by atoms with Crippen LogP contribution in [0.3, 0.4) is 0 Å². The lowest BCUT2D eigenvalue weighted by Crippen LogP contribution is -1.79. The lowest BCUT2D eigenvalue weighted by molar-refractivity contribution is 0.112. The number of halogens is 1. The normalized spacial score (nSPS) is 10.4. The van der Waals surface area contributed by atoms with Gasteiger partial charge in [0.2, 0.25) is 0 Å². The molecule has 0 aliphatic carbocycles. The van der Waals surface area contributed by atoms with Crippen LogP contribution in [-0.2, 0) is 0 Å². The van der Waals surface area contributed by atoms with Crippen molar-refractivity contribution >= 4 is 33.2 Å². The van der Waals surface area contributed by atoms with Gasteiger partial charge in [-0.2, -0.15) is 0 Å². The van der Waals surface area contributed by atoms with Gasteiger partial charge in [-0.05, 0) is 34.1 Å². The van der Waals surface area contributed by atoms with Crippen LogP contribution >= 0.6 is 15.9 Å². The molecule has 2 rings (SSSR count). The average molecular weight is 225 g/mol. The van der Waals surface area contributed by atoms with Gasteiger partial charge in [0.25, 0.3) is 0 Å². The van der Waals surface area contributed by atoms with E-state index in [1.807, 2.05) is 0 Å². The predicted octanol–water partition coefficient (Wildman–Crippen LogP) is 3.01. The zero-order chi connectivity index (χ0) is 8.55. The van der Waals surface area contributed by atoms with E-state index in [2.05, 4.69) is 15.9 Å². The van der Waals surface area contributed by atoms with Crippen LogP contribution < -0.4 is 0 Å². The molecule has 2 aromatic rings. The molecule has 1 aromatic carbocycles. The first-order chi connectivity index (χ1) is 5.83. The first kappa shape index (κ1) is 7.55. The molecule has 0 saturated heterocycles. The van der Waals surface area contributed by atoms with Crippen molar-refractivity contribution < 1.29 is 9.21 Å². The van der Waals surface area contributed by atoms with E-state index >= 15 is 0 Å². The zero-order valence-electron chi connectivity index (χ0n) is 6.08. The first-order valence-electron chi connectivity index (χ1n) is 3.44. The molecule has 0 N–H and O–H groups in total. The van der Waals surface area contributed by atoms with Crippen molar-refractivity contribution in [2.45, 2.75) is 0 Å². The van der Waals surface area contributed by atoms with Gasteiger partial charge >= 0.3 is 0 Å². The summed E-state index contributed by atoms with van der Waals surface area (Å²) >= 11 is 3.33. The van der Waals surface area contributed by atoms with E-state index in [4.69, 9.17) is 4.42 Å². The Bertz CT molecular complexity index is 431. The molecule has 0 fully saturated rings. The fraction of sp³-hybridized carbons (Fsp3) is 0. The number of carbonyl (C=O) groups is 1. The molecule has 0 saturated carbocycles. The van der Waals surface area contributed by atoms with Crippen LogP contribution in [0.2, 0.25) is 0 Å². The highest BCUT2D eigenvalue weighted by atomic mass is 79.9. The molecular weight excluding hydrogens is 220 g/mol. The summed E-state index contributed by atoms with van der Waals surface area (Å²) in [4.78, 5) is 10.6. The van der Waals surface area contributed by atoms with E-state index in [9.17, 15) is 4.79 Å². The molecule has 1 aromatic heterocycles. The van der Waals surface area contributed by atoms with E-state index in [0.29, 0.717) is 5.56 Å². The van der Waals surface area contributed by atoms with E-state index in [1.54, 1.807) is 24.5 Å². The van der Waals surface area contributed by atoms with Gasteiger partial charge in [-0.15, -0.1) is 0 Å². The number of benzene rings is 1. The van der Waals surface area contributed by atoms with Gasteiger partial charge in [-0.25, -0.2) is 0 Å². The van der Waals surface area contributed by atoms with Crippen molar-refractivity contribution in [1.82, 2.24) is 0 Å². The second-order valence-corrected chi connectivity index (χ2v) is 3.27. The quantitative estimate of drug-likeness (QED) is 0.698. The Labute approximate surface area is 77.3 Å². The third kappa shape index (κ3) is 0.975. The first-order valence-corrected chi connectivity index (χ1v) is 4.23. The van der Waals surface area contributed by atoms with Crippen LogP contribution in [0, 0.1) is 0 Å². The van der Waals surface area contributed by atoms with E-state index in [-0.39, 0.29) is 0 Å². The number of rotatable bonds is 1. The summed E-state index contributed by atoms with van der Waals surface area (Å²) in [6.07, 6.45) is 2.40. The molecule has 60 valence electrons. The molecule has 0 atom stereocenters. The fourth-order valence-electron chi connectivity index (χ4n) is 1.15. The minimum atomic E-state index is 0.655. The Hall–Kier alpha value is -1.09. The van der Waals surface area contributed by atoms with E-state index in [1.165, 1.54) is 0 Å². The number of carbonyl (C=O) groups excluding carboxylic acids is 1. The lowest BCUT2D eigenvalue weighted by Gasteiger charge is -1.94. The maximum absolute atomic E-state index is 10.6. The fourth-order valence-corrected chi connectivity index (χ4v) is 1.59. The Morgan fingerprint density at radius 2 is 2.17 bits per heavy atom. The van der Waals surface area contributed by atoms with Crippen LogP contribution in [0.1, 0.15) is 10.4 Å². The van der Waals surface area contributed by atoms with Crippen molar-refractivity contribution in [1.29, 1.82) is 0 Å². The smallest absolute Gasteiger partial charge is 0.150 e. The third-order valence-corrected chi connectivity index (χ3v) is 2.35. The number of furan rings is 1. The summed E-state index contributed by atoms with van der Waals surface area (Å²) in [5, 5.41) is 0.847. The summed E-state index contributed by atoms with van der Waals surface area (Å²) in [5.41, 5.74) is 1.38. The minimum Gasteiger partial charge on any atom is -0.463 e. The van der Waals surface area contributed by atoms with Crippen molar-refractivity contribution in [3.63, 3.8) is 0 Å². The highest BCUT2D eigenvalue weighted by molar-refractivity contribution is 9.10. The van der Waals surface area contributed by atoms with Crippen LogP contribution in [0.25, 0.3) is 11.0 Å². The number of hydrogen-bond acceptors (Lipinski definition) is 2. The number of fused-ring (bicyclic) bond motifs is 1. The second kappa shape index (κ2) is 2.75. The van der Waals surface area contributed by atoms with Gasteiger partial charge in [-0.3, -0.25) is 4.79 Å². The molecule has 0 aliphatic heterocycles. The van der Waals surface area contributed by atoms with Gasteiger partial charge in [0, 0.05) is 10.9 Å². The summed E-state index contributed by atoms with van der Waals surface area (Å²) in [7, 11) is 0. The highest BCUT2D eigenvalue weighted by Gasteiger charge is 2.05. The Kier molecular flexibility index (Phi) is 1.73. The van der Waals surface area contributed by atoms with E-state index < -0.39 is 0 Å². The molecule has 0 radical (unpaired) electrons. The van der Waals surface area contributed by atoms with Crippen LogP contribution in [0.4, 0.5) is 0 Å². The zero-order valence-corrected chi connectivity index (χ0v) is 7.67. The van der Waals surface area contributed by atoms with Gasteiger partial charge < -0.3 is 4.42 Å². The maximum atomic E-state index is 10.6. The lowest BCUT2D eigenvalue weighted by atomic mass is 10.1. The number of aldehydes is 1. The number of hydrogen-bond donors (Lipinski definition) is 0. The molecule has 0 unspecified atom stereocenters. The monoisotopic (exact) mass is 224 g/mol. The molecule has 3 heteroatoms. The third-order valence-electron chi connectivity index (χ3n) is 1.73. The molecule has 2 nitrogen and oxygen atoms in total. The standard InChI is InChI=1S/C9H5BrO2/c10-8-2-1-6(5-11)7-3-4-12-9(7)8/h1-5H. The van der Waals surface area contributed by atoms with Gasteiger partial charge in [0.15, 0.2) is 6.29 Å². The second-order valence-electron chi connectivity index (χ2n) is 2.42. The van der Waals surface area contributed by atoms with Crippen LogP contribution in [0.5, 0.6) is 0 Å². The summed E-state index contributed by atoms with van der Waals surface area (Å²) in [5.74, 6) is 0. The van der Waals surface area contributed by atoms with Crippen molar-refractivity contribution in [3.05, 3.63) is 34.5 Å². The van der Waals surface area contributed by atoms with Crippen LogP contribution in [0.15, 0.2) is 33.4 Å². The molecule has 0 spiro atoms. The molecule has 0 bridgehead atoms. The summed E-state index contributed by atoms with van der Waals surface area (Å²) in [6, 6.07) is 5.34. The topological polar surface area (TPSA) is 30.2 Å². The minimum absolute atomic E-state index is 0.655. The molecule has 0 amide bonds. The summed E-state index contributed by atoms with van der Waals surface area (Å²) in [6.45, 7) is 0. The maximum Gasteiger partial charge on any atom is 0.150 e. The summed E-state index contributed by atoms with van der Waals surface area (Å²) < 4.78 is 6.05. The average Bonchev–Trinajstić information content (AvgIpc) is 2.54. The Morgan fingerprint density at radius 3 is 2.92 bits per heavy atom. The molecule has 0 aliphatic rings. The van der Waals surface area contributed by atoms with Gasteiger partial charge in [0.05, 0.1) is 10.7 Å². The van der Waals surface area contributed by atoms with Gasteiger partial charge in [0.1, 0.15) is 5.58 Å². The molecule has 12 heavy (non-hydrogen) atoms. The van der Waals surface area contributed by atoms with Crippen molar-refractivity contribution in [3.8, 4) is 0 Å². The van der Waals surface area contributed by atoms with Crippen molar-refractivity contribution in [2.75, 3.05) is 0 Å². The molecule has 1 heterocycles. The van der Waals surface area contributed by atoms with Crippen LogP contribution in [-0.4, -0.2) is 6.29 Å². The highest BCUT2D eigenvalue weighted by Crippen LogP contribution is 2.26. The SMILES string of the molecule is O=Cc1ccc(Br)c2occc12. The molecular formula is C9H5BrO2. The Morgan fingerprint density at radius 1 is 1.33 bits per heavy atom. The Balaban J connectivity index is 2.91. The van der Waals surface area contributed by atoms with E-state index in [0.717, 1.165) is 21.7 Å².